The Morgan fingerprint density at radius 3 is 1.48 bits per heavy atom. The van der Waals surface area contributed by atoms with E-state index in [1.807, 2.05) is 67.1 Å². The maximum absolute atomic E-state index is 13.5. The SMILES string of the molecule is C.CCn1nnc2c(C)c([C@@H](CC(=O)OC)c3ccc4c(c3)CN(C(=O)c3cc(C)c(C)c(C)c3)CC4)ccc21.CCn1nnc2c(C)c([C@@H](CC(=O)OC)c3ccc4c(c3)CNCC4)ccc21.Cc1cc(C(=O)O)cc(C)c1C. The highest BCUT2D eigenvalue weighted by Gasteiger charge is 2.28. The number of aryl methyl sites for hydroxylation is 8. The van der Waals surface area contributed by atoms with E-state index >= 15 is 0 Å². The number of amides is 1. The van der Waals surface area contributed by atoms with Gasteiger partial charge in [-0.3, -0.25) is 14.4 Å². The van der Waals surface area contributed by atoms with Gasteiger partial charge < -0.3 is 24.8 Å². The van der Waals surface area contributed by atoms with Crippen LogP contribution in [0.2, 0.25) is 0 Å². The average molecular weight is 1080 g/mol. The molecule has 0 spiro atoms. The summed E-state index contributed by atoms with van der Waals surface area (Å²) < 4.78 is 13.9. The maximum Gasteiger partial charge on any atom is 0.335 e. The molecule has 4 heterocycles. The Morgan fingerprint density at radius 2 is 1.02 bits per heavy atom. The summed E-state index contributed by atoms with van der Waals surface area (Å²) in [6.45, 7) is 24.9. The second-order valence-electron chi connectivity index (χ2n) is 21.0. The number of aromatic nitrogens is 6. The molecule has 420 valence electrons. The van der Waals surface area contributed by atoms with Gasteiger partial charge in [0.15, 0.2) is 0 Å². The number of hydrogen-bond donors (Lipinski definition) is 2. The van der Waals surface area contributed by atoms with Crippen molar-refractivity contribution < 1.29 is 33.8 Å². The van der Waals surface area contributed by atoms with E-state index in [4.69, 9.17) is 14.6 Å². The van der Waals surface area contributed by atoms with Gasteiger partial charge in [-0.05, 0) is 214 Å². The van der Waals surface area contributed by atoms with E-state index in [0.29, 0.717) is 25.1 Å². The lowest BCUT2D eigenvalue weighted by Gasteiger charge is -2.30. The van der Waals surface area contributed by atoms with Crippen molar-refractivity contribution in [3.63, 3.8) is 0 Å². The number of nitrogens with zero attached hydrogens (tertiary/aromatic N) is 7. The van der Waals surface area contributed by atoms with Crippen LogP contribution in [-0.4, -0.2) is 91.1 Å². The number of hydrogen-bond acceptors (Lipinski definition) is 11. The monoisotopic (exact) mass is 1080 g/mol. The maximum atomic E-state index is 13.5. The van der Waals surface area contributed by atoms with Gasteiger partial charge in [0.2, 0.25) is 0 Å². The summed E-state index contributed by atoms with van der Waals surface area (Å²) in [4.78, 5) is 50.8. The molecule has 0 radical (unpaired) electrons. The van der Waals surface area contributed by atoms with Crippen molar-refractivity contribution in [3.05, 3.63) is 185 Å². The Kier molecular flexibility index (Phi) is 19.2. The van der Waals surface area contributed by atoms with Gasteiger partial charge in [0.1, 0.15) is 11.0 Å². The van der Waals surface area contributed by atoms with Crippen molar-refractivity contribution in [3.8, 4) is 0 Å². The summed E-state index contributed by atoms with van der Waals surface area (Å²) >= 11 is 0. The smallest absolute Gasteiger partial charge is 0.335 e. The molecular weight excluding hydrogens is 1000 g/mol. The Balaban J connectivity index is 0.000000196. The number of rotatable bonds is 12. The summed E-state index contributed by atoms with van der Waals surface area (Å²) in [5, 5.41) is 29.5. The number of carboxylic acid groups (broad SMARTS) is 1. The second-order valence-corrected chi connectivity index (χ2v) is 21.0. The number of fused-ring (bicyclic) bond motifs is 4. The minimum Gasteiger partial charge on any atom is -0.478 e. The number of carboxylic acids is 1. The van der Waals surface area contributed by atoms with E-state index in [1.54, 1.807) is 12.1 Å². The number of carbonyl (C=O) groups is 4. The molecular formula is C65H78N8O7. The third kappa shape index (κ3) is 12.7. The number of ether oxygens (including phenoxy) is 2. The zero-order chi connectivity index (χ0) is 56.8. The van der Waals surface area contributed by atoms with Crippen LogP contribution in [-0.2, 0) is 58.1 Å². The Morgan fingerprint density at radius 1 is 0.575 bits per heavy atom. The molecule has 0 aliphatic carbocycles. The van der Waals surface area contributed by atoms with Crippen molar-refractivity contribution >= 4 is 45.9 Å². The Labute approximate surface area is 470 Å². The zero-order valence-electron chi connectivity index (χ0n) is 47.8. The lowest BCUT2D eigenvalue weighted by Crippen LogP contribution is -2.36. The molecule has 2 N–H and O–H groups in total. The fraction of sp³-hybridized carbons (Fsp3) is 0.385. The van der Waals surface area contributed by atoms with Gasteiger partial charge in [-0.15, -0.1) is 10.2 Å². The van der Waals surface area contributed by atoms with Crippen LogP contribution >= 0.6 is 0 Å². The van der Waals surface area contributed by atoms with E-state index in [2.05, 4.69) is 115 Å². The number of carbonyl (C=O) groups excluding carboxylic acids is 3. The van der Waals surface area contributed by atoms with Crippen LogP contribution in [0.1, 0.15) is 156 Å². The van der Waals surface area contributed by atoms with Crippen LogP contribution in [0.5, 0.6) is 0 Å². The minimum atomic E-state index is -0.860. The fourth-order valence-electron chi connectivity index (χ4n) is 11.1. The molecule has 2 aliphatic heterocycles. The fourth-order valence-corrected chi connectivity index (χ4v) is 11.1. The topological polar surface area (TPSA) is 184 Å². The van der Waals surface area contributed by atoms with Gasteiger partial charge in [-0.2, -0.15) is 0 Å². The first-order chi connectivity index (χ1) is 37.8. The largest absolute Gasteiger partial charge is 0.478 e. The second kappa shape index (κ2) is 25.8. The van der Waals surface area contributed by atoms with Crippen LogP contribution < -0.4 is 5.32 Å². The van der Waals surface area contributed by atoms with Crippen molar-refractivity contribution in [1.82, 2.24) is 40.2 Å². The molecule has 15 nitrogen and oxygen atoms in total. The highest BCUT2D eigenvalue weighted by molar-refractivity contribution is 5.95. The quantitative estimate of drug-likeness (QED) is 0.111. The number of aromatic carboxylic acids is 1. The van der Waals surface area contributed by atoms with E-state index in [1.165, 1.54) is 42.0 Å². The summed E-state index contributed by atoms with van der Waals surface area (Å²) in [6.07, 6.45) is 2.37. The van der Waals surface area contributed by atoms with Gasteiger partial charge in [-0.25, -0.2) is 14.2 Å². The summed E-state index contributed by atoms with van der Waals surface area (Å²) in [6, 6.07) is 28.7. The molecule has 2 aromatic heterocycles. The Bertz CT molecular complexity index is 3570. The Hall–Kier alpha value is -8.04. The molecule has 0 saturated heterocycles. The summed E-state index contributed by atoms with van der Waals surface area (Å²) in [7, 11) is 2.87. The van der Waals surface area contributed by atoms with Gasteiger partial charge in [0, 0.05) is 50.1 Å². The molecule has 80 heavy (non-hydrogen) atoms. The predicted octanol–water partition coefficient (Wildman–Crippen LogP) is 11.6. The summed E-state index contributed by atoms with van der Waals surface area (Å²) in [5.74, 6) is -1.55. The van der Waals surface area contributed by atoms with Crippen LogP contribution in [0.3, 0.4) is 0 Å². The molecule has 0 bridgehead atoms. The first kappa shape index (κ1) is 59.6. The van der Waals surface area contributed by atoms with E-state index in [-0.39, 0.29) is 43.5 Å². The first-order valence-electron chi connectivity index (χ1n) is 27.3. The third-order valence-corrected chi connectivity index (χ3v) is 16.3. The zero-order valence-corrected chi connectivity index (χ0v) is 47.8. The van der Waals surface area contributed by atoms with E-state index in [0.717, 1.165) is 128 Å². The molecule has 1 amide bonds. The third-order valence-electron chi connectivity index (χ3n) is 16.3. The molecule has 0 saturated carbocycles. The van der Waals surface area contributed by atoms with Crippen molar-refractivity contribution in [2.45, 2.75) is 140 Å². The molecule has 2 atom stereocenters. The standard InChI is InChI=1S/C32H36N4O3.C22H26N4O2.C10H12O2.CH4/c1-7-36-29-11-10-27(22(5)31(29)33-34-36)28(17-30(37)39-6)24-9-8-23-12-13-35(18-26(23)16-24)32(38)25-14-19(2)21(4)20(3)15-25;1-4-26-20-8-7-18(14(2)22(20)24-25-26)19(12-21(27)28-3)16-6-5-15-9-10-23-13-17(15)11-16;1-6-4-9(10(11)12)5-7(2)8(6)3;/h8-11,14-16,28H,7,12-13,17-18H2,1-6H3;5-8,11,19,23H,4,9-10,12-13H2,1-3H3;4-5H,1-3H3,(H,11,12);1H4/t28-;19-;;/m00../s1. The van der Waals surface area contributed by atoms with E-state index < -0.39 is 5.97 Å². The highest BCUT2D eigenvalue weighted by atomic mass is 16.5. The van der Waals surface area contributed by atoms with E-state index in [9.17, 15) is 19.2 Å². The predicted molar refractivity (Wildman–Crippen MR) is 315 cm³/mol. The molecule has 6 aromatic carbocycles. The molecule has 2 aliphatic rings. The molecule has 15 heteroatoms. The van der Waals surface area contributed by atoms with Gasteiger partial charge in [0.05, 0.1) is 43.7 Å². The van der Waals surface area contributed by atoms with Gasteiger partial charge >= 0.3 is 17.9 Å². The number of benzene rings is 6. The highest BCUT2D eigenvalue weighted by Crippen LogP contribution is 2.37. The molecule has 10 rings (SSSR count). The normalized spacial score (nSPS) is 13.4. The van der Waals surface area contributed by atoms with Crippen molar-refractivity contribution in [2.24, 2.45) is 0 Å². The van der Waals surface area contributed by atoms with Crippen LogP contribution in [0.15, 0.2) is 84.9 Å². The summed E-state index contributed by atoms with van der Waals surface area (Å²) in [5.41, 5.74) is 23.0. The van der Waals surface area contributed by atoms with Gasteiger partial charge in [0.25, 0.3) is 5.91 Å². The number of esters is 2. The lowest BCUT2D eigenvalue weighted by atomic mass is 9.83. The lowest BCUT2D eigenvalue weighted by molar-refractivity contribution is -0.141. The van der Waals surface area contributed by atoms with Crippen molar-refractivity contribution in [1.29, 1.82) is 0 Å². The average Bonchev–Trinajstić information content (AvgIpc) is 4.09. The minimum absolute atomic E-state index is 0. The van der Waals surface area contributed by atoms with Gasteiger partial charge in [-0.1, -0.05) is 66.4 Å². The van der Waals surface area contributed by atoms with Crippen LogP contribution in [0, 0.1) is 55.4 Å². The van der Waals surface area contributed by atoms with Crippen LogP contribution in [0.4, 0.5) is 0 Å². The number of nitrogens with one attached hydrogen (secondary N) is 1. The van der Waals surface area contributed by atoms with Crippen molar-refractivity contribution in [2.75, 3.05) is 27.3 Å². The number of methoxy groups -OCH3 is 2. The van der Waals surface area contributed by atoms with Crippen LogP contribution in [0.25, 0.3) is 22.1 Å². The molecule has 0 fully saturated rings. The molecule has 0 unspecified atom stereocenters. The molecule has 8 aromatic rings. The first-order valence-corrected chi connectivity index (χ1v) is 27.3.